The molecule has 0 unspecified atom stereocenters. The first-order valence-electron chi connectivity index (χ1n) is 7.12. The molecule has 0 amide bonds. The van der Waals surface area contributed by atoms with Crippen LogP contribution >= 0.6 is 11.3 Å². The molecule has 3 N–H and O–H groups in total. The maximum absolute atomic E-state index is 5.77. The number of nitrogens with zero attached hydrogens (tertiary/aromatic N) is 2. The van der Waals surface area contributed by atoms with Crippen LogP contribution < -0.4 is 11.1 Å². The zero-order valence-electron chi connectivity index (χ0n) is 12.1. The summed E-state index contributed by atoms with van der Waals surface area (Å²) in [5, 5.41) is 4.40. The lowest BCUT2D eigenvalue weighted by atomic mass is 10.3. The third-order valence-corrected chi connectivity index (χ3v) is 4.09. The van der Waals surface area contributed by atoms with E-state index in [9.17, 15) is 0 Å². The van der Waals surface area contributed by atoms with Crippen LogP contribution in [0.2, 0.25) is 0 Å². The second-order valence-corrected chi connectivity index (χ2v) is 5.72. The molecule has 0 radical (unpaired) electrons. The number of aryl methyl sites for hydroxylation is 1. The Morgan fingerprint density at radius 1 is 1.30 bits per heavy atom. The predicted molar refractivity (Wildman–Crippen MR) is 85.4 cm³/mol. The number of rotatable bonds is 8. The van der Waals surface area contributed by atoms with Crippen molar-refractivity contribution in [3.63, 3.8) is 0 Å². The maximum Gasteiger partial charge on any atom is 0.223 e. The number of ether oxygens (including phenoxy) is 1. The number of thiophene rings is 1. The van der Waals surface area contributed by atoms with Crippen molar-refractivity contribution >= 4 is 33.3 Å². The van der Waals surface area contributed by atoms with Gasteiger partial charge in [-0.25, -0.2) is 4.98 Å². The average Bonchev–Trinajstić information content (AvgIpc) is 2.85. The Balaban J connectivity index is 1.99. The number of hydrogen-bond donors (Lipinski definition) is 2. The number of nitrogen functional groups attached to an aromatic ring is 1. The smallest absolute Gasteiger partial charge is 0.223 e. The summed E-state index contributed by atoms with van der Waals surface area (Å²) in [5.74, 6) is 1.16. The van der Waals surface area contributed by atoms with Crippen molar-refractivity contribution in [2.24, 2.45) is 0 Å². The van der Waals surface area contributed by atoms with Gasteiger partial charge in [-0.05, 0) is 25.3 Å². The quantitative estimate of drug-likeness (QED) is 0.732. The zero-order chi connectivity index (χ0) is 14.4. The van der Waals surface area contributed by atoms with E-state index in [4.69, 9.17) is 10.5 Å². The van der Waals surface area contributed by atoms with E-state index in [0.29, 0.717) is 5.95 Å². The minimum atomic E-state index is 0.326. The van der Waals surface area contributed by atoms with Crippen molar-refractivity contribution in [2.75, 3.05) is 30.8 Å². The van der Waals surface area contributed by atoms with Gasteiger partial charge in [-0.1, -0.05) is 13.8 Å². The van der Waals surface area contributed by atoms with Gasteiger partial charge in [0.15, 0.2) is 0 Å². The van der Waals surface area contributed by atoms with Crippen LogP contribution in [0.25, 0.3) is 10.2 Å². The molecule has 0 aromatic carbocycles. The van der Waals surface area contributed by atoms with Gasteiger partial charge in [-0.3, -0.25) is 0 Å². The van der Waals surface area contributed by atoms with E-state index in [2.05, 4.69) is 35.2 Å². The van der Waals surface area contributed by atoms with E-state index in [1.165, 1.54) is 4.88 Å². The molecule has 0 bridgehead atoms. The minimum absolute atomic E-state index is 0.326. The van der Waals surface area contributed by atoms with E-state index in [-0.39, 0.29) is 0 Å². The van der Waals surface area contributed by atoms with Crippen molar-refractivity contribution in [1.82, 2.24) is 9.97 Å². The summed E-state index contributed by atoms with van der Waals surface area (Å²) in [7, 11) is 0. The van der Waals surface area contributed by atoms with Crippen LogP contribution in [0, 0.1) is 0 Å². The molecule has 6 heteroatoms. The number of nitrogens with one attached hydrogen (secondary N) is 1. The molecule has 0 atom stereocenters. The molecule has 2 rings (SSSR count). The molecule has 0 aliphatic heterocycles. The van der Waals surface area contributed by atoms with Gasteiger partial charge < -0.3 is 15.8 Å². The van der Waals surface area contributed by atoms with Gasteiger partial charge in [0.1, 0.15) is 10.6 Å². The van der Waals surface area contributed by atoms with Crippen LogP contribution in [0.15, 0.2) is 6.07 Å². The van der Waals surface area contributed by atoms with Gasteiger partial charge in [0.25, 0.3) is 0 Å². The van der Waals surface area contributed by atoms with Crippen molar-refractivity contribution in [3.05, 3.63) is 10.9 Å². The van der Waals surface area contributed by atoms with Gasteiger partial charge >= 0.3 is 0 Å². The lowest BCUT2D eigenvalue weighted by Crippen LogP contribution is -2.08. The molecule has 0 fully saturated rings. The van der Waals surface area contributed by atoms with Crippen LogP contribution in [-0.2, 0) is 11.2 Å². The second-order valence-electron chi connectivity index (χ2n) is 4.61. The summed E-state index contributed by atoms with van der Waals surface area (Å²) in [6, 6.07) is 2.15. The highest BCUT2D eigenvalue weighted by molar-refractivity contribution is 7.18. The molecule has 2 heterocycles. The van der Waals surface area contributed by atoms with Gasteiger partial charge in [0.05, 0.1) is 5.39 Å². The van der Waals surface area contributed by atoms with Crippen molar-refractivity contribution in [2.45, 2.75) is 33.1 Å². The van der Waals surface area contributed by atoms with Gasteiger partial charge in [0, 0.05) is 24.6 Å². The molecule has 5 nitrogen and oxygen atoms in total. The normalized spacial score (nSPS) is 11.1. The van der Waals surface area contributed by atoms with Crippen LogP contribution in [0.3, 0.4) is 0 Å². The first-order chi connectivity index (χ1) is 9.74. The Morgan fingerprint density at radius 3 is 2.90 bits per heavy atom. The summed E-state index contributed by atoms with van der Waals surface area (Å²) < 4.78 is 5.46. The van der Waals surface area contributed by atoms with E-state index in [0.717, 1.165) is 55.1 Å². The van der Waals surface area contributed by atoms with Crippen molar-refractivity contribution < 1.29 is 4.74 Å². The Labute approximate surface area is 123 Å². The van der Waals surface area contributed by atoms with Gasteiger partial charge in [-0.15, -0.1) is 11.3 Å². The fraction of sp³-hybridized carbons (Fsp3) is 0.571. The molecule has 2 aromatic rings. The van der Waals surface area contributed by atoms with Gasteiger partial charge in [-0.2, -0.15) is 4.98 Å². The SMILES string of the molecule is CCCOCCCNc1nc(N)nc2sc(CC)cc12. The largest absolute Gasteiger partial charge is 0.381 e. The molecule has 20 heavy (non-hydrogen) atoms. The summed E-state index contributed by atoms with van der Waals surface area (Å²) in [5.41, 5.74) is 5.77. The Kier molecular flexibility index (Phi) is 5.55. The summed E-state index contributed by atoms with van der Waals surface area (Å²) in [6.07, 6.45) is 3.02. The monoisotopic (exact) mass is 294 g/mol. The van der Waals surface area contributed by atoms with Crippen LogP contribution in [0.1, 0.15) is 31.6 Å². The number of nitrogens with two attached hydrogens (primary N) is 1. The fourth-order valence-electron chi connectivity index (χ4n) is 1.92. The highest BCUT2D eigenvalue weighted by atomic mass is 32.1. The topological polar surface area (TPSA) is 73.1 Å². The molecule has 0 aliphatic carbocycles. The lowest BCUT2D eigenvalue weighted by Gasteiger charge is -2.07. The first-order valence-corrected chi connectivity index (χ1v) is 7.93. The minimum Gasteiger partial charge on any atom is -0.381 e. The lowest BCUT2D eigenvalue weighted by molar-refractivity contribution is 0.134. The maximum atomic E-state index is 5.77. The first kappa shape index (κ1) is 15.0. The Morgan fingerprint density at radius 2 is 2.15 bits per heavy atom. The standard InChI is InChI=1S/C14H22N4OS/c1-3-7-19-8-5-6-16-12-11-9-10(4-2)20-13(11)18-14(15)17-12/h9H,3-8H2,1-2H3,(H3,15,16,17,18). The number of fused-ring (bicyclic) bond motifs is 1. The summed E-state index contributed by atoms with van der Waals surface area (Å²) in [6.45, 7) is 6.68. The van der Waals surface area contributed by atoms with Crippen LogP contribution in [-0.4, -0.2) is 29.7 Å². The predicted octanol–water partition coefficient (Wildman–Crippen LogP) is 3.06. The third-order valence-electron chi connectivity index (χ3n) is 2.92. The Hall–Kier alpha value is -1.40. The molecular weight excluding hydrogens is 272 g/mol. The number of anilines is 2. The number of hydrogen-bond acceptors (Lipinski definition) is 6. The number of aromatic nitrogens is 2. The van der Waals surface area contributed by atoms with E-state index >= 15 is 0 Å². The van der Waals surface area contributed by atoms with E-state index < -0.39 is 0 Å². The molecule has 2 aromatic heterocycles. The van der Waals surface area contributed by atoms with Crippen molar-refractivity contribution in [3.8, 4) is 0 Å². The fourth-order valence-corrected chi connectivity index (χ4v) is 2.90. The van der Waals surface area contributed by atoms with Crippen molar-refractivity contribution in [1.29, 1.82) is 0 Å². The summed E-state index contributed by atoms with van der Waals surface area (Å²) >= 11 is 1.68. The highest BCUT2D eigenvalue weighted by Gasteiger charge is 2.09. The molecule has 0 spiro atoms. The van der Waals surface area contributed by atoms with Crippen LogP contribution in [0.5, 0.6) is 0 Å². The third kappa shape index (κ3) is 3.80. The van der Waals surface area contributed by atoms with E-state index in [1.54, 1.807) is 11.3 Å². The molecule has 110 valence electrons. The molecule has 0 saturated carbocycles. The molecule has 0 saturated heterocycles. The molecular formula is C14H22N4OS. The Bertz CT molecular complexity index is 555. The molecule has 0 aliphatic rings. The van der Waals surface area contributed by atoms with Crippen LogP contribution in [0.4, 0.5) is 11.8 Å². The average molecular weight is 294 g/mol. The van der Waals surface area contributed by atoms with E-state index in [1.807, 2.05) is 0 Å². The summed E-state index contributed by atoms with van der Waals surface area (Å²) in [4.78, 5) is 10.9. The zero-order valence-corrected chi connectivity index (χ0v) is 12.9. The van der Waals surface area contributed by atoms with Gasteiger partial charge in [0.2, 0.25) is 5.95 Å². The second kappa shape index (κ2) is 7.40. The highest BCUT2D eigenvalue weighted by Crippen LogP contribution is 2.29.